The number of amides is 2. The number of benzene rings is 2. The van der Waals surface area contributed by atoms with Gasteiger partial charge in [0.2, 0.25) is 0 Å². The summed E-state index contributed by atoms with van der Waals surface area (Å²) in [5.74, 6) is -0.643. The van der Waals surface area contributed by atoms with Crippen molar-refractivity contribution in [3.05, 3.63) is 66.5 Å². The molecule has 0 aliphatic rings. The van der Waals surface area contributed by atoms with Gasteiger partial charge in [0, 0.05) is 24.6 Å². The lowest BCUT2D eigenvalue weighted by molar-refractivity contribution is -0.136. The van der Waals surface area contributed by atoms with Gasteiger partial charge in [-0.2, -0.15) is 4.37 Å². The number of nitrogens with one attached hydrogen (secondary N) is 3. The summed E-state index contributed by atoms with van der Waals surface area (Å²) in [5, 5.41) is 5.72. The molecule has 0 saturated carbocycles. The van der Waals surface area contributed by atoms with Gasteiger partial charge in [0.1, 0.15) is 10.8 Å². The van der Waals surface area contributed by atoms with Crippen LogP contribution in [0.1, 0.15) is 5.82 Å². The molecule has 4 aromatic rings. The number of H-pyrrole nitrogens is 1. The summed E-state index contributed by atoms with van der Waals surface area (Å²) >= 11 is 1.14. The molecule has 0 aliphatic carbocycles. The second-order valence-electron chi connectivity index (χ2n) is 6.10. The zero-order chi connectivity index (χ0) is 19.3. The predicted octanol–water partition coefficient (Wildman–Crippen LogP) is 2.98. The molecule has 0 radical (unpaired) electrons. The molecule has 2 aromatic heterocycles. The van der Waals surface area contributed by atoms with E-state index in [1.54, 1.807) is 6.07 Å². The molecule has 2 amide bonds. The molecule has 3 N–H and O–H groups in total. The number of hydrogen-bond donors (Lipinski definition) is 3. The van der Waals surface area contributed by atoms with E-state index in [2.05, 4.69) is 25.0 Å². The number of anilines is 1. The maximum absolute atomic E-state index is 12.1. The Labute approximate surface area is 165 Å². The molecule has 0 spiro atoms. The van der Waals surface area contributed by atoms with Crippen LogP contribution >= 0.6 is 11.5 Å². The summed E-state index contributed by atoms with van der Waals surface area (Å²) in [5.41, 5.74) is 3.53. The quantitative estimate of drug-likeness (QED) is 0.455. The number of carbonyl (C=O) groups excluding carboxylic acids is 2. The van der Waals surface area contributed by atoms with Crippen LogP contribution in [0.15, 0.2) is 60.7 Å². The molecular weight excluding hydrogens is 374 g/mol. The van der Waals surface area contributed by atoms with Gasteiger partial charge < -0.3 is 15.6 Å². The molecule has 2 aromatic carbocycles. The highest BCUT2D eigenvalue weighted by Crippen LogP contribution is 2.24. The number of para-hydroxylation sites is 2. The number of nitrogens with zero attached hydrogens (tertiary/aromatic N) is 2. The first kappa shape index (κ1) is 17.9. The summed E-state index contributed by atoms with van der Waals surface area (Å²) in [4.78, 5) is 31.7. The predicted molar refractivity (Wildman–Crippen MR) is 109 cm³/mol. The monoisotopic (exact) mass is 391 g/mol. The smallest absolute Gasteiger partial charge is 0.314 e. The average Bonchev–Trinajstić information content (AvgIpc) is 3.35. The summed E-state index contributed by atoms with van der Waals surface area (Å²) in [7, 11) is 0. The molecule has 0 atom stereocenters. The van der Waals surface area contributed by atoms with Crippen LogP contribution in [0.2, 0.25) is 0 Å². The maximum Gasteiger partial charge on any atom is 0.314 e. The van der Waals surface area contributed by atoms with Crippen molar-refractivity contribution in [1.82, 2.24) is 19.7 Å². The van der Waals surface area contributed by atoms with Gasteiger partial charge in [-0.1, -0.05) is 42.5 Å². The Morgan fingerprint density at radius 1 is 1.00 bits per heavy atom. The van der Waals surface area contributed by atoms with E-state index in [-0.39, 0.29) is 0 Å². The highest BCUT2D eigenvalue weighted by Gasteiger charge is 2.15. The van der Waals surface area contributed by atoms with E-state index in [0.29, 0.717) is 18.0 Å². The van der Waals surface area contributed by atoms with Crippen LogP contribution in [0.25, 0.3) is 22.3 Å². The van der Waals surface area contributed by atoms with E-state index in [4.69, 9.17) is 0 Å². The fourth-order valence-corrected chi connectivity index (χ4v) is 3.40. The molecule has 4 rings (SSSR count). The lowest BCUT2D eigenvalue weighted by Crippen LogP contribution is -2.36. The summed E-state index contributed by atoms with van der Waals surface area (Å²) in [6.07, 6.45) is 0.506. The van der Waals surface area contributed by atoms with Crippen molar-refractivity contribution >= 4 is 39.4 Å². The molecule has 0 saturated heterocycles. The Balaban J connectivity index is 1.29. The topological polar surface area (TPSA) is 99.8 Å². The Kier molecular flexibility index (Phi) is 5.11. The Hall–Kier alpha value is -3.52. The lowest BCUT2D eigenvalue weighted by Gasteiger charge is -2.03. The number of aromatic nitrogens is 3. The zero-order valence-corrected chi connectivity index (χ0v) is 15.6. The molecular formula is C20H17N5O2S. The third kappa shape index (κ3) is 4.07. The van der Waals surface area contributed by atoms with Crippen LogP contribution in [-0.2, 0) is 16.0 Å². The number of hydrogen-bond acceptors (Lipinski definition) is 5. The van der Waals surface area contributed by atoms with Gasteiger partial charge in [-0.15, -0.1) is 0 Å². The number of rotatable bonds is 5. The van der Waals surface area contributed by atoms with Gasteiger partial charge in [-0.25, -0.2) is 4.98 Å². The molecule has 0 fully saturated rings. The second kappa shape index (κ2) is 8.01. The van der Waals surface area contributed by atoms with E-state index in [9.17, 15) is 9.59 Å². The second-order valence-corrected chi connectivity index (χ2v) is 6.91. The fraction of sp³-hybridized carbons (Fsp3) is 0.100. The average molecular weight is 391 g/mol. The highest BCUT2D eigenvalue weighted by atomic mass is 32.1. The highest BCUT2D eigenvalue weighted by molar-refractivity contribution is 7.10. The number of aromatic amines is 1. The first-order valence-corrected chi connectivity index (χ1v) is 9.51. The first-order chi connectivity index (χ1) is 13.7. The summed E-state index contributed by atoms with van der Waals surface area (Å²) in [6, 6.07) is 19.1. The van der Waals surface area contributed by atoms with Gasteiger partial charge >= 0.3 is 11.8 Å². The van der Waals surface area contributed by atoms with Crippen LogP contribution in [-0.4, -0.2) is 32.7 Å². The van der Waals surface area contributed by atoms with E-state index in [1.165, 1.54) is 0 Å². The number of imidazole rings is 1. The molecule has 0 unspecified atom stereocenters. The molecule has 8 heteroatoms. The van der Waals surface area contributed by atoms with Gasteiger partial charge in [-0.3, -0.25) is 9.59 Å². The largest absolute Gasteiger partial charge is 0.347 e. The van der Waals surface area contributed by atoms with Crippen LogP contribution in [0.5, 0.6) is 0 Å². The van der Waals surface area contributed by atoms with Crippen molar-refractivity contribution in [3.8, 4) is 11.3 Å². The van der Waals surface area contributed by atoms with Gasteiger partial charge in [-0.05, 0) is 23.7 Å². The Bertz CT molecular complexity index is 1090. The zero-order valence-electron chi connectivity index (χ0n) is 14.8. The normalized spacial score (nSPS) is 10.7. The Morgan fingerprint density at radius 2 is 1.79 bits per heavy atom. The molecule has 0 bridgehead atoms. The van der Waals surface area contributed by atoms with E-state index in [0.717, 1.165) is 39.6 Å². The Morgan fingerprint density at radius 3 is 2.61 bits per heavy atom. The number of fused-ring (bicyclic) bond motifs is 1. The molecule has 2 heterocycles. The van der Waals surface area contributed by atoms with Gasteiger partial charge in [0.25, 0.3) is 0 Å². The maximum atomic E-state index is 12.1. The first-order valence-electron chi connectivity index (χ1n) is 8.74. The summed E-state index contributed by atoms with van der Waals surface area (Å²) < 4.78 is 4.30. The van der Waals surface area contributed by atoms with Crippen molar-refractivity contribution in [1.29, 1.82) is 0 Å². The van der Waals surface area contributed by atoms with E-state index < -0.39 is 11.8 Å². The van der Waals surface area contributed by atoms with Crippen molar-refractivity contribution < 1.29 is 9.59 Å². The van der Waals surface area contributed by atoms with Crippen LogP contribution < -0.4 is 10.6 Å². The van der Waals surface area contributed by atoms with Crippen molar-refractivity contribution in [2.24, 2.45) is 0 Å². The van der Waals surface area contributed by atoms with Crippen LogP contribution in [0.4, 0.5) is 5.00 Å². The lowest BCUT2D eigenvalue weighted by atomic mass is 10.2. The third-order valence-electron chi connectivity index (χ3n) is 4.11. The molecule has 140 valence electrons. The SMILES string of the molecule is O=C(NCCc1nc2ccccc2[nH]1)C(=O)Nc1cc(-c2ccccc2)ns1. The minimum atomic E-state index is -0.715. The van der Waals surface area contributed by atoms with E-state index >= 15 is 0 Å². The molecule has 28 heavy (non-hydrogen) atoms. The van der Waals surface area contributed by atoms with Crippen molar-refractivity contribution in [3.63, 3.8) is 0 Å². The number of carbonyl (C=O) groups is 2. The standard InChI is InChI=1S/C20H17N5O2S/c26-19(21-11-10-17-22-14-8-4-5-9-15(14)23-17)20(27)24-18-12-16(25-28-18)13-6-2-1-3-7-13/h1-9,12H,10-11H2,(H,21,26)(H,22,23)(H,24,27). The minimum Gasteiger partial charge on any atom is -0.347 e. The van der Waals surface area contributed by atoms with E-state index in [1.807, 2.05) is 54.6 Å². The molecule has 0 aliphatic heterocycles. The summed E-state index contributed by atoms with van der Waals surface area (Å²) in [6.45, 7) is 0.310. The minimum absolute atomic E-state index is 0.310. The fourth-order valence-electron chi connectivity index (χ4n) is 2.75. The van der Waals surface area contributed by atoms with Crippen molar-refractivity contribution in [2.45, 2.75) is 6.42 Å². The third-order valence-corrected chi connectivity index (χ3v) is 4.81. The molecule has 7 nitrogen and oxygen atoms in total. The van der Waals surface area contributed by atoms with Crippen LogP contribution in [0.3, 0.4) is 0 Å². The van der Waals surface area contributed by atoms with Crippen molar-refractivity contribution in [2.75, 3.05) is 11.9 Å². The van der Waals surface area contributed by atoms with Crippen LogP contribution in [0, 0.1) is 0 Å². The van der Waals surface area contributed by atoms with Gasteiger partial charge in [0.15, 0.2) is 0 Å². The van der Waals surface area contributed by atoms with Gasteiger partial charge in [0.05, 0.1) is 16.7 Å².